The van der Waals surface area contributed by atoms with Gasteiger partial charge in [0.15, 0.2) is 23.4 Å². The van der Waals surface area contributed by atoms with E-state index in [4.69, 9.17) is 23.7 Å². The summed E-state index contributed by atoms with van der Waals surface area (Å²) >= 11 is 0. The molecule has 10 heteroatoms. The number of nitro groups is 1. The largest absolute Gasteiger partial charge is 0.497 e. The molecular formula is C26H19NO9. The summed E-state index contributed by atoms with van der Waals surface area (Å²) in [6, 6.07) is 14.2. The molecule has 3 aromatic carbocycles. The van der Waals surface area contributed by atoms with Gasteiger partial charge in [-0.1, -0.05) is 18.2 Å². The van der Waals surface area contributed by atoms with Crippen LogP contribution in [-0.2, 0) is 14.3 Å². The van der Waals surface area contributed by atoms with E-state index in [9.17, 15) is 19.7 Å². The lowest BCUT2D eigenvalue weighted by Crippen LogP contribution is -2.23. The SMILES string of the molecule is COc1ccc(C2OC(=O)/C(=C3/OC(=O)c4cccc([N+](=O)[O-])c43)c3cc(OC)c(OC)cc32)cc1. The van der Waals surface area contributed by atoms with Crippen LogP contribution in [0, 0.1) is 10.1 Å². The molecule has 0 spiro atoms. The number of esters is 2. The molecule has 36 heavy (non-hydrogen) atoms. The van der Waals surface area contributed by atoms with E-state index in [0.717, 1.165) is 0 Å². The van der Waals surface area contributed by atoms with Gasteiger partial charge in [-0.2, -0.15) is 0 Å². The summed E-state index contributed by atoms with van der Waals surface area (Å²) in [7, 11) is 4.45. The molecule has 3 aromatic rings. The van der Waals surface area contributed by atoms with Gasteiger partial charge in [-0.3, -0.25) is 10.1 Å². The van der Waals surface area contributed by atoms with Crippen molar-refractivity contribution in [1.29, 1.82) is 0 Å². The fourth-order valence-corrected chi connectivity index (χ4v) is 4.38. The molecule has 2 aliphatic heterocycles. The van der Waals surface area contributed by atoms with E-state index in [2.05, 4.69) is 0 Å². The number of nitro benzene ring substituents is 1. The molecule has 1 unspecified atom stereocenters. The molecule has 5 rings (SSSR count). The second-order valence-electron chi connectivity index (χ2n) is 7.90. The third kappa shape index (κ3) is 3.50. The number of carbonyl (C=O) groups excluding carboxylic acids is 2. The second-order valence-corrected chi connectivity index (χ2v) is 7.90. The lowest BCUT2D eigenvalue weighted by atomic mass is 9.87. The van der Waals surface area contributed by atoms with E-state index in [1.54, 1.807) is 43.5 Å². The molecule has 0 aromatic heterocycles. The normalized spacial score (nSPS) is 18.0. The Balaban J connectivity index is 1.80. The van der Waals surface area contributed by atoms with E-state index < -0.39 is 23.0 Å². The number of cyclic esters (lactones) is 2. The van der Waals surface area contributed by atoms with E-state index >= 15 is 0 Å². The van der Waals surface area contributed by atoms with Crippen LogP contribution in [0.5, 0.6) is 17.2 Å². The van der Waals surface area contributed by atoms with Gasteiger partial charge < -0.3 is 23.7 Å². The van der Waals surface area contributed by atoms with E-state index in [1.807, 2.05) is 0 Å². The number of hydrogen-bond acceptors (Lipinski definition) is 9. The number of rotatable bonds is 5. The molecule has 0 aliphatic carbocycles. The van der Waals surface area contributed by atoms with Crippen LogP contribution < -0.4 is 14.2 Å². The maximum absolute atomic E-state index is 13.5. The van der Waals surface area contributed by atoms with Crippen LogP contribution in [0.2, 0.25) is 0 Å². The Kier molecular flexibility index (Phi) is 5.56. The summed E-state index contributed by atoms with van der Waals surface area (Å²) in [6.45, 7) is 0. The third-order valence-electron chi connectivity index (χ3n) is 6.06. The zero-order valence-corrected chi connectivity index (χ0v) is 19.4. The minimum atomic E-state index is -0.843. The van der Waals surface area contributed by atoms with Gasteiger partial charge in [0.05, 0.1) is 31.8 Å². The maximum atomic E-state index is 13.5. The number of hydrogen-bond donors (Lipinski definition) is 0. The fraction of sp³-hybridized carbons (Fsp3) is 0.154. The molecule has 0 saturated heterocycles. The lowest BCUT2D eigenvalue weighted by Gasteiger charge is -2.29. The van der Waals surface area contributed by atoms with Gasteiger partial charge in [0, 0.05) is 17.2 Å². The molecule has 182 valence electrons. The highest BCUT2D eigenvalue weighted by Gasteiger charge is 2.42. The zero-order valence-electron chi connectivity index (χ0n) is 19.4. The Morgan fingerprint density at radius 2 is 1.56 bits per heavy atom. The van der Waals surface area contributed by atoms with Crippen molar-refractivity contribution in [3.8, 4) is 17.2 Å². The van der Waals surface area contributed by atoms with Crippen molar-refractivity contribution in [1.82, 2.24) is 0 Å². The first-order valence-corrected chi connectivity index (χ1v) is 10.7. The monoisotopic (exact) mass is 489 g/mol. The first-order chi connectivity index (χ1) is 17.4. The Labute approximate surface area is 204 Å². The van der Waals surface area contributed by atoms with Crippen LogP contribution in [0.4, 0.5) is 5.69 Å². The van der Waals surface area contributed by atoms with Crippen LogP contribution in [0.15, 0.2) is 54.6 Å². The Bertz CT molecular complexity index is 1460. The summed E-state index contributed by atoms with van der Waals surface area (Å²) in [6.07, 6.45) is -0.843. The second kappa shape index (κ2) is 8.73. The summed E-state index contributed by atoms with van der Waals surface area (Å²) < 4.78 is 27.4. The molecule has 10 nitrogen and oxygen atoms in total. The van der Waals surface area contributed by atoms with Crippen LogP contribution in [-0.4, -0.2) is 38.2 Å². The van der Waals surface area contributed by atoms with Crippen molar-refractivity contribution in [2.45, 2.75) is 6.10 Å². The standard InChI is InChI=1S/C26H19NO9/c1-32-14-9-7-13(8-10-14)23-17-12-20(34-3)19(33-2)11-16(17)22(26(29)35-23)24-21-15(25(28)36-24)5-4-6-18(21)27(30)31/h4-12,23H,1-3H3/b24-22+. The molecule has 0 saturated carbocycles. The van der Waals surface area contributed by atoms with Gasteiger partial charge in [0.1, 0.15) is 16.9 Å². The average molecular weight is 489 g/mol. The Hall–Kier alpha value is -4.86. The molecule has 2 heterocycles. The highest BCUT2D eigenvalue weighted by molar-refractivity contribution is 6.28. The summed E-state index contributed by atoms with van der Waals surface area (Å²) in [5, 5.41) is 11.7. The fourth-order valence-electron chi connectivity index (χ4n) is 4.38. The minimum Gasteiger partial charge on any atom is -0.497 e. The molecule has 1 atom stereocenters. The molecule has 0 fully saturated rings. The highest BCUT2D eigenvalue weighted by atomic mass is 16.6. The van der Waals surface area contributed by atoms with E-state index in [-0.39, 0.29) is 28.1 Å². The Morgan fingerprint density at radius 1 is 0.861 bits per heavy atom. The minimum absolute atomic E-state index is 0.0150. The van der Waals surface area contributed by atoms with Gasteiger partial charge >= 0.3 is 11.9 Å². The molecule has 0 bridgehead atoms. The van der Waals surface area contributed by atoms with Gasteiger partial charge in [0.25, 0.3) is 5.69 Å². The number of ether oxygens (including phenoxy) is 5. The van der Waals surface area contributed by atoms with E-state index in [1.165, 1.54) is 32.4 Å². The van der Waals surface area contributed by atoms with Gasteiger partial charge in [0.2, 0.25) is 0 Å². The van der Waals surface area contributed by atoms with Crippen LogP contribution >= 0.6 is 0 Å². The van der Waals surface area contributed by atoms with Gasteiger partial charge in [-0.15, -0.1) is 0 Å². The van der Waals surface area contributed by atoms with Crippen LogP contribution in [0.25, 0.3) is 11.3 Å². The maximum Gasteiger partial charge on any atom is 0.344 e. The van der Waals surface area contributed by atoms with Crippen molar-refractivity contribution >= 4 is 29.0 Å². The van der Waals surface area contributed by atoms with Gasteiger partial charge in [-0.05, 0) is 35.9 Å². The summed E-state index contributed by atoms with van der Waals surface area (Å²) in [4.78, 5) is 37.2. The van der Waals surface area contributed by atoms with Crippen molar-refractivity contribution in [2.75, 3.05) is 21.3 Å². The first-order valence-electron chi connectivity index (χ1n) is 10.7. The third-order valence-corrected chi connectivity index (χ3v) is 6.06. The molecular weight excluding hydrogens is 470 g/mol. The van der Waals surface area contributed by atoms with Crippen molar-refractivity contribution in [3.05, 3.63) is 92.5 Å². The molecule has 0 radical (unpaired) electrons. The number of carbonyl (C=O) groups is 2. The van der Waals surface area contributed by atoms with E-state index in [0.29, 0.717) is 33.9 Å². The van der Waals surface area contributed by atoms with Crippen molar-refractivity contribution < 1.29 is 38.2 Å². The smallest absolute Gasteiger partial charge is 0.344 e. The number of benzene rings is 3. The first kappa shape index (κ1) is 22.9. The number of methoxy groups -OCH3 is 3. The quantitative estimate of drug-likeness (QED) is 0.223. The molecule has 0 amide bonds. The van der Waals surface area contributed by atoms with Crippen molar-refractivity contribution in [2.24, 2.45) is 0 Å². The molecule has 2 aliphatic rings. The topological polar surface area (TPSA) is 123 Å². The predicted molar refractivity (Wildman–Crippen MR) is 126 cm³/mol. The average Bonchev–Trinajstić information content (AvgIpc) is 3.23. The molecule has 0 N–H and O–H groups in total. The van der Waals surface area contributed by atoms with Crippen molar-refractivity contribution in [3.63, 3.8) is 0 Å². The highest BCUT2D eigenvalue weighted by Crippen LogP contribution is 2.48. The zero-order chi connectivity index (χ0) is 25.6. The Morgan fingerprint density at radius 3 is 2.19 bits per heavy atom. The van der Waals surface area contributed by atoms with Gasteiger partial charge in [-0.25, -0.2) is 9.59 Å². The van der Waals surface area contributed by atoms with Crippen LogP contribution in [0.3, 0.4) is 0 Å². The predicted octanol–water partition coefficient (Wildman–Crippen LogP) is 4.31. The summed E-state index contributed by atoms with van der Waals surface area (Å²) in [5.41, 5.74) is 0.907. The number of nitrogens with zero attached hydrogens (tertiary/aromatic N) is 1. The van der Waals surface area contributed by atoms with Crippen LogP contribution in [0.1, 0.15) is 38.7 Å². The summed E-state index contributed by atoms with van der Waals surface area (Å²) in [5.74, 6) is -0.545. The number of fused-ring (bicyclic) bond motifs is 2. The lowest BCUT2D eigenvalue weighted by molar-refractivity contribution is -0.385.